The minimum Gasteiger partial charge on any atom is -0.497 e. The lowest BCUT2D eigenvalue weighted by atomic mass is 9.99. The smallest absolute Gasteiger partial charge is 0.234 e. The Labute approximate surface area is 147 Å². The highest BCUT2D eigenvalue weighted by Crippen LogP contribution is 2.23. The summed E-state index contributed by atoms with van der Waals surface area (Å²) in [5.74, 6) is 0.544. The first-order chi connectivity index (χ1) is 12.0. The predicted molar refractivity (Wildman–Crippen MR) is 94.9 cm³/mol. The number of rotatable bonds is 5. The Morgan fingerprint density at radius 3 is 2.72 bits per heavy atom. The number of benzene rings is 2. The van der Waals surface area contributed by atoms with Gasteiger partial charge in [0, 0.05) is 13.1 Å². The molecule has 0 spiro atoms. The van der Waals surface area contributed by atoms with E-state index in [0.29, 0.717) is 6.54 Å². The molecule has 1 atom stereocenters. The number of carbonyl (C=O) groups is 1. The maximum atomic E-state index is 13.0. The van der Waals surface area contributed by atoms with E-state index < -0.39 is 0 Å². The van der Waals surface area contributed by atoms with Gasteiger partial charge in [-0.15, -0.1) is 0 Å². The lowest BCUT2D eigenvalue weighted by Crippen LogP contribution is -2.40. The summed E-state index contributed by atoms with van der Waals surface area (Å²) in [6.45, 7) is 3.85. The maximum absolute atomic E-state index is 13.0. The highest BCUT2D eigenvalue weighted by Gasteiger charge is 2.20. The standard InChI is InChI=1S/C20H23FN2O2/c1-14(15-3-6-18(21)7-4-15)22-20(24)13-23-10-9-16-5-8-19(25-2)11-17(16)12-23/h3-8,11,14H,9-10,12-13H2,1-2H3,(H,22,24)/t14-/m0/s1. The Morgan fingerprint density at radius 1 is 1.24 bits per heavy atom. The zero-order chi connectivity index (χ0) is 17.8. The van der Waals surface area contributed by atoms with Crippen molar-refractivity contribution in [3.05, 3.63) is 65.0 Å². The van der Waals surface area contributed by atoms with Crippen molar-refractivity contribution >= 4 is 5.91 Å². The number of ether oxygens (including phenoxy) is 1. The minimum absolute atomic E-state index is 0.0248. The second-order valence-electron chi connectivity index (χ2n) is 6.44. The first-order valence-electron chi connectivity index (χ1n) is 8.48. The molecule has 1 amide bonds. The summed E-state index contributed by atoms with van der Waals surface area (Å²) in [4.78, 5) is 14.5. The van der Waals surface area contributed by atoms with E-state index in [1.165, 1.54) is 23.3 Å². The van der Waals surface area contributed by atoms with Crippen LogP contribution in [0.1, 0.15) is 29.7 Å². The summed E-state index contributed by atoms with van der Waals surface area (Å²) < 4.78 is 18.3. The number of carbonyl (C=O) groups excluding carboxylic acids is 1. The highest BCUT2D eigenvalue weighted by atomic mass is 19.1. The molecule has 0 aliphatic carbocycles. The van der Waals surface area contributed by atoms with Crippen molar-refractivity contribution in [3.63, 3.8) is 0 Å². The Balaban J connectivity index is 1.57. The van der Waals surface area contributed by atoms with Gasteiger partial charge in [-0.05, 0) is 54.3 Å². The van der Waals surface area contributed by atoms with Gasteiger partial charge in [0.25, 0.3) is 0 Å². The summed E-state index contributed by atoms with van der Waals surface area (Å²) in [6, 6.07) is 12.2. The number of hydrogen-bond acceptors (Lipinski definition) is 3. The van der Waals surface area contributed by atoms with Crippen LogP contribution in [0.4, 0.5) is 4.39 Å². The largest absolute Gasteiger partial charge is 0.497 e. The number of methoxy groups -OCH3 is 1. The summed E-state index contributed by atoms with van der Waals surface area (Å²) >= 11 is 0. The summed E-state index contributed by atoms with van der Waals surface area (Å²) in [7, 11) is 1.66. The van der Waals surface area contributed by atoms with E-state index in [9.17, 15) is 9.18 Å². The van der Waals surface area contributed by atoms with E-state index in [1.54, 1.807) is 19.2 Å². The number of hydrogen-bond donors (Lipinski definition) is 1. The lowest BCUT2D eigenvalue weighted by Gasteiger charge is -2.29. The molecule has 4 nitrogen and oxygen atoms in total. The zero-order valence-electron chi connectivity index (χ0n) is 14.6. The molecular weight excluding hydrogens is 319 g/mol. The van der Waals surface area contributed by atoms with Crippen LogP contribution in [-0.2, 0) is 17.8 Å². The van der Waals surface area contributed by atoms with Crippen molar-refractivity contribution < 1.29 is 13.9 Å². The van der Waals surface area contributed by atoms with Gasteiger partial charge < -0.3 is 10.1 Å². The van der Waals surface area contributed by atoms with E-state index in [1.807, 2.05) is 19.1 Å². The Morgan fingerprint density at radius 2 is 2.00 bits per heavy atom. The quantitative estimate of drug-likeness (QED) is 0.908. The first kappa shape index (κ1) is 17.4. The van der Waals surface area contributed by atoms with Gasteiger partial charge in [0.1, 0.15) is 11.6 Å². The summed E-state index contributed by atoms with van der Waals surface area (Å²) in [5, 5.41) is 2.98. The molecule has 2 aromatic carbocycles. The summed E-state index contributed by atoms with van der Waals surface area (Å²) in [5.41, 5.74) is 3.42. The molecule has 1 aliphatic rings. The molecule has 132 valence electrons. The van der Waals surface area contributed by atoms with Crippen LogP contribution in [0.15, 0.2) is 42.5 Å². The molecule has 1 aliphatic heterocycles. The third-order valence-corrected chi connectivity index (χ3v) is 4.62. The second kappa shape index (κ2) is 7.66. The van der Waals surface area contributed by atoms with Gasteiger partial charge in [0.2, 0.25) is 5.91 Å². The van der Waals surface area contributed by atoms with Crippen LogP contribution >= 0.6 is 0 Å². The Bertz CT molecular complexity index is 746. The normalized spacial score (nSPS) is 15.3. The minimum atomic E-state index is -0.273. The van der Waals surface area contributed by atoms with E-state index in [-0.39, 0.29) is 17.8 Å². The average molecular weight is 342 g/mol. The molecule has 2 aromatic rings. The Hall–Kier alpha value is -2.40. The van der Waals surface area contributed by atoms with Crippen LogP contribution in [0.5, 0.6) is 5.75 Å². The molecule has 1 heterocycles. The van der Waals surface area contributed by atoms with Crippen molar-refractivity contribution in [1.82, 2.24) is 10.2 Å². The second-order valence-corrected chi connectivity index (χ2v) is 6.44. The van der Waals surface area contributed by atoms with Gasteiger partial charge in [-0.1, -0.05) is 18.2 Å². The van der Waals surface area contributed by atoms with Crippen molar-refractivity contribution in [2.75, 3.05) is 20.2 Å². The highest BCUT2D eigenvalue weighted by molar-refractivity contribution is 5.78. The average Bonchev–Trinajstić information content (AvgIpc) is 2.61. The van der Waals surface area contributed by atoms with E-state index in [0.717, 1.165) is 30.8 Å². The molecule has 0 saturated heterocycles. The van der Waals surface area contributed by atoms with Gasteiger partial charge in [0.05, 0.1) is 19.7 Å². The van der Waals surface area contributed by atoms with Crippen molar-refractivity contribution in [3.8, 4) is 5.75 Å². The molecule has 0 radical (unpaired) electrons. The molecule has 0 fully saturated rings. The molecule has 5 heteroatoms. The van der Waals surface area contributed by atoms with E-state index in [2.05, 4.69) is 16.3 Å². The number of amides is 1. The SMILES string of the molecule is COc1ccc2c(c1)CN(CC(=O)N[C@@H](C)c1ccc(F)cc1)CC2. The van der Waals surface area contributed by atoms with Gasteiger partial charge in [0.15, 0.2) is 0 Å². The molecular formula is C20H23FN2O2. The maximum Gasteiger partial charge on any atom is 0.234 e. The number of halogens is 1. The molecule has 0 aromatic heterocycles. The molecule has 0 saturated carbocycles. The topological polar surface area (TPSA) is 41.6 Å². The lowest BCUT2D eigenvalue weighted by molar-refractivity contribution is -0.123. The zero-order valence-corrected chi connectivity index (χ0v) is 14.6. The van der Waals surface area contributed by atoms with Crippen LogP contribution in [-0.4, -0.2) is 31.0 Å². The van der Waals surface area contributed by atoms with Crippen molar-refractivity contribution in [2.45, 2.75) is 25.9 Å². The van der Waals surface area contributed by atoms with Crippen molar-refractivity contribution in [2.24, 2.45) is 0 Å². The fourth-order valence-electron chi connectivity index (χ4n) is 3.18. The van der Waals surface area contributed by atoms with E-state index in [4.69, 9.17) is 4.74 Å². The monoisotopic (exact) mass is 342 g/mol. The third-order valence-electron chi connectivity index (χ3n) is 4.62. The molecule has 0 bridgehead atoms. The fourth-order valence-corrected chi connectivity index (χ4v) is 3.18. The van der Waals surface area contributed by atoms with Crippen molar-refractivity contribution in [1.29, 1.82) is 0 Å². The van der Waals surface area contributed by atoms with Crippen LogP contribution in [0.2, 0.25) is 0 Å². The summed E-state index contributed by atoms with van der Waals surface area (Å²) in [6.07, 6.45) is 0.931. The molecule has 0 unspecified atom stereocenters. The number of nitrogens with one attached hydrogen (secondary N) is 1. The van der Waals surface area contributed by atoms with Gasteiger partial charge >= 0.3 is 0 Å². The van der Waals surface area contributed by atoms with Gasteiger partial charge in [-0.3, -0.25) is 9.69 Å². The predicted octanol–water partition coefficient (Wildman–Crippen LogP) is 3.07. The molecule has 3 rings (SSSR count). The first-order valence-corrected chi connectivity index (χ1v) is 8.48. The van der Waals surface area contributed by atoms with Crippen LogP contribution < -0.4 is 10.1 Å². The third kappa shape index (κ3) is 4.37. The van der Waals surface area contributed by atoms with Crippen LogP contribution in [0, 0.1) is 5.82 Å². The Kier molecular flexibility index (Phi) is 5.34. The van der Waals surface area contributed by atoms with Gasteiger partial charge in [-0.2, -0.15) is 0 Å². The molecule has 1 N–H and O–H groups in total. The van der Waals surface area contributed by atoms with Crippen LogP contribution in [0.25, 0.3) is 0 Å². The number of nitrogens with zero attached hydrogens (tertiary/aromatic N) is 1. The van der Waals surface area contributed by atoms with Gasteiger partial charge in [-0.25, -0.2) is 4.39 Å². The molecule has 25 heavy (non-hydrogen) atoms. The number of fused-ring (bicyclic) bond motifs is 1. The van der Waals surface area contributed by atoms with Crippen LogP contribution in [0.3, 0.4) is 0 Å². The van der Waals surface area contributed by atoms with E-state index >= 15 is 0 Å². The fraction of sp³-hybridized carbons (Fsp3) is 0.350.